The molecular weight excluding hydrogens is 452 g/mol. The first kappa shape index (κ1) is 26.3. The van der Waals surface area contributed by atoms with Crippen LogP contribution in [0.5, 0.6) is 0 Å². The molecule has 34 heavy (non-hydrogen) atoms. The number of rotatable bonds is 11. The van der Waals surface area contributed by atoms with Crippen LogP contribution in [-0.4, -0.2) is 43.3 Å². The summed E-state index contributed by atoms with van der Waals surface area (Å²) < 4.78 is 27.7. The maximum atomic E-state index is 12.9. The Kier molecular flexibility index (Phi) is 8.87. The van der Waals surface area contributed by atoms with Crippen molar-refractivity contribution in [3.63, 3.8) is 0 Å². The van der Waals surface area contributed by atoms with Gasteiger partial charge in [0.05, 0.1) is 23.1 Å². The van der Waals surface area contributed by atoms with Crippen molar-refractivity contribution in [3.8, 4) is 0 Å². The first-order chi connectivity index (χ1) is 16.2. The SMILES string of the molecule is CCC(C)c1ccc(S(=O)(=O)NC[C@@H](O)C[C@@H](CC)C(=O)N[C@H]2c3ccccc3C[C@H]2O)cc1. The van der Waals surface area contributed by atoms with Crippen molar-refractivity contribution >= 4 is 15.9 Å². The molecule has 0 radical (unpaired) electrons. The lowest BCUT2D eigenvalue weighted by molar-refractivity contribution is -0.127. The number of hydrogen-bond acceptors (Lipinski definition) is 5. The number of carbonyl (C=O) groups excluding carboxylic acids is 1. The van der Waals surface area contributed by atoms with Crippen molar-refractivity contribution in [2.45, 2.75) is 75.5 Å². The highest BCUT2D eigenvalue weighted by molar-refractivity contribution is 7.89. The third kappa shape index (κ3) is 6.24. The van der Waals surface area contributed by atoms with Crippen molar-refractivity contribution in [1.29, 1.82) is 0 Å². The lowest BCUT2D eigenvalue weighted by Crippen LogP contribution is -2.40. The molecule has 1 aliphatic carbocycles. The molecule has 0 saturated heterocycles. The van der Waals surface area contributed by atoms with Gasteiger partial charge in [0.1, 0.15) is 0 Å². The van der Waals surface area contributed by atoms with Crippen LogP contribution in [0, 0.1) is 5.92 Å². The fourth-order valence-corrected chi connectivity index (χ4v) is 5.46. The normalized spacial score (nSPS) is 20.4. The van der Waals surface area contributed by atoms with E-state index in [0.717, 1.165) is 23.1 Å². The number of hydrogen-bond donors (Lipinski definition) is 4. The number of aliphatic hydroxyl groups excluding tert-OH is 2. The first-order valence-electron chi connectivity index (χ1n) is 12.0. The second-order valence-corrected chi connectivity index (χ2v) is 10.9. The Labute approximate surface area is 202 Å². The largest absolute Gasteiger partial charge is 0.392 e. The van der Waals surface area contributed by atoms with Gasteiger partial charge in [-0.1, -0.05) is 57.2 Å². The summed E-state index contributed by atoms with van der Waals surface area (Å²) in [6.45, 7) is 5.83. The average Bonchev–Trinajstić information content (AvgIpc) is 3.15. The predicted molar refractivity (Wildman–Crippen MR) is 132 cm³/mol. The van der Waals surface area contributed by atoms with E-state index in [1.165, 1.54) is 0 Å². The van der Waals surface area contributed by atoms with E-state index in [2.05, 4.69) is 23.9 Å². The van der Waals surface area contributed by atoms with Crippen LogP contribution < -0.4 is 10.0 Å². The lowest BCUT2D eigenvalue weighted by Gasteiger charge is -2.23. The molecule has 0 heterocycles. The summed E-state index contributed by atoms with van der Waals surface area (Å²) in [5.74, 6) is -0.414. The molecule has 8 heteroatoms. The Bertz CT molecular complexity index is 1070. The molecule has 2 aromatic carbocycles. The van der Waals surface area contributed by atoms with E-state index in [1.54, 1.807) is 12.1 Å². The molecule has 186 valence electrons. The second kappa shape index (κ2) is 11.4. The molecule has 4 N–H and O–H groups in total. The average molecular weight is 489 g/mol. The van der Waals surface area contributed by atoms with E-state index in [-0.39, 0.29) is 23.8 Å². The first-order valence-corrected chi connectivity index (χ1v) is 13.5. The van der Waals surface area contributed by atoms with Gasteiger partial charge in [-0.3, -0.25) is 4.79 Å². The smallest absolute Gasteiger partial charge is 0.240 e. The molecule has 0 aliphatic heterocycles. The van der Waals surface area contributed by atoms with Gasteiger partial charge in [-0.2, -0.15) is 0 Å². The molecule has 0 fully saturated rings. The third-order valence-corrected chi connectivity index (χ3v) is 8.24. The van der Waals surface area contributed by atoms with Gasteiger partial charge in [-0.15, -0.1) is 0 Å². The quantitative estimate of drug-likeness (QED) is 0.388. The van der Waals surface area contributed by atoms with E-state index < -0.39 is 34.2 Å². The zero-order valence-corrected chi connectivity index (χ0v) is 20.9. The maximum Gasteiger partial charge on any atom is 0.240 e. The monoisotopic (exact) mass is 488 g/mol. The van der Waals surface area contributed by atoms with Crippen LogP contribution in [0.25, 0.3) is 0 Å². The molecule has 0 saturated carbocycles. The lowest BCUT2D eigenvalue weighted by atomic mass is 9.96. The van der Waals surface area contributed by atoms with E-state index in [1.807, 2.05) is 43.3 Å². The van der Waals surface area contributed by atoms with Crippen molar-refractivity contribution < 1.29 is 23.4 Å². The Hall–Kier alpha value is -2.26. The Morgan fingerprint density at radius 2 is 1.76 bits per heavy atom. The summed E-state index contributed by atoms with van der Waals surface area (Å²) in [7, 11) is -3.77. The highest BCUT2D eigenvalue weighted by Gasteiger charge is 2.33. The summed E-state index contributed by atoms with van der Waals surface area (Å²) in [4.78, 5) is 13.0. The molecule has 5 atom stereocenters. The van der Waals surface area contributed by atoms with Gasteiger partial charge < -0.3 is 15.5 Å². The fraction of sp³-hybridized carbons (Fsp3) is 0.500. The number of aliphatic hydroxyl groups is 2. The van der Waals surface area contributed by atoms with Crippen molar-refractivity contribution in [3.05, 3.63) is 65.2 Å². The summed E-state index contributed by atoms with van der Waals surface area (Å²) in [6, 6.07) is 13.9. The van der Waals surface area contributed by atoms with Gasteiger partial charge in [0.25, 0.3) is 0 Å². The molecule has 1 unspecified atom stereocenters. The summed E-state index contributed by atoms with van der Waals surface area (Å²) in [5.41, 5.74) is 3.00. The summed E-state index contributed by atoms with van der Waals surface area (Å²) in [5, 5.41) is 23.8. The van der Waals surface area contributed by atoms with Crippen molar-refractivity contribution in [2.75, 3.05) is 6.54 Å². The van der Waals surface area contributed by atoms with Crippen LogP contribution in [0.1, 0.15) is 68.7 Å². The van der Waals surface area contributed by atoms with Crippen LogP contribution >= 0.6 is 0 Å². The van der Waals surface area contributed by atoms with Gasteiger partial charge >= 0.3 is 0 Å². The minimum absolute atomic E-state index is 0.113. The van der Waals surface area contributed by atoms with Gasteiger partial charge in [0.15, 0.2) is 0 Å². The number of carbonyl (C=O) groups is 1. The number of benzene rings is 2. The van der Waals surface area contributed by atoms with Crippen LogP contribution in [0.15, 0.2) is 53.4 Å². The minimum atomic E-state index is -3.77. The summed E-state index contributed by atoms with van der Waals surface area (Å²) >= 11 is 0. The Balaban J connectivity index is 1.55. The number of nitrogens with one attached hydrogen (secondary N) is 2. The minimum Gasteiger partial charge on any atom is -0.392 e. The number of fused-ring (bicyclic) bond motifs is 1. The molecule has 2 aromatic rings. The Morgan fingerprint density at radius 1 is 1.09 bits per heavy atom. The zero-order valence-electron chi connectivity index (χ0n) is 20.1. The van der Waals surface area contributed by atoms with Crippen LogP contribution in [0.3, 0.4) is 0 Å². The molecule has 0 aromatic heterocycles. The van der Waals surface area contributed by atoms with Gasteiger partial charge in [-0.05, 0) is 54.0 Å². The molecule has 1 amide bonds. The van der Waals surface area contributed by atoms with E-state index in [0.29, 0.717) is 18.8 Å². The summed E-state index contributed by atoms with van der Waals surface area (Å²) in [6.07, 6.45) is 0.336. The molecule has 1 aliphatic rings. The standard InChI is InChI=1S/C26H36N2O5S/c1-4-17(3)19-10-12-22(13-11-19)34(32,33)27-16-21(29)14-18(5-2)26(31)28-25-23-9-7-6-8-20(23)15-24(25)30/h6-13,17-18,21,24-25,27,29-30H,4-5,14-16H2,1-3H3,(H,28,31)/t17?,18-,21+,24-,25+/m1/s1. The van der Waals surface area contributed by atoms with E-state index in [4.69, 9.17) is 0 Å². The zero-order chi connectivity index (χ0) is 24.9. The highest BCUT2D eigenvalue weighted by atomic mass is 32.2. The van der Waals surface area contributed by atoms with Crippen LogP contribution in [-0.2, 0) is 21.2 Å². The van der Waals surface area contributed by atoms with E-state index >= 15 is 0 Å². The molecule has 0 bridgehead atoms. The van der Waals surface area contributed by atoms with E-state index in [9.17, 15) is 23.4 Å². The van der Waals surface area contributed by atoms with Gasteiger partial charge in [0, 0.05) is 18.9 Å². The van der Waals surface area contributed by atoms with Crippen LogP contribution in [0.2, 0.25) is 0 Å². The highest BCUT2D eigenvalue weighted by Crippen LogP contribution is 2.31. The molecule has 3 rings (SSSR count). The number of amides is 1. The van der Waals surface area contributed by atoms with Crippen molar-refractivity contribution in [2.24, 2.45) is 5.92 Å². The Morgan fingerprint density at radius 3 is 2.41 bits per heavy atom. The van der Waals surface area contributed by atoms with Crippen molar-refractivity contribution in [1.82, 2.24) is 10.0 Å². The van der Waals surface area contributed by atoms with Gasteiger partial charge in [0.2, 0.25) is 15.9 Å². The molecule has 0 spiro atoms. The second-order valence-electron chi connectivity index (χ2n) is 9.18. The topological polar surface area (TPSA) is 116 Å². The fourth-order valence-electron chi connectivity index (χ4n) is 4.39. The third-order valence-electron chi connectivity index (χ3n) is 6.80. The number of sulfonamides is 1. The van der Waals surface area contributed by atoms with Crippen LogP contribution in [0.4, 0.5) is 0 Å². The van der Waals surface area contributed by atoms with Gasteiger partial charge in [-0.25, -0.2) is 13.1 Å². The molecule has 7 nitrogen and oxygen atoms in total. The molecular formula is C26H36N2O5S. The predicted octanol–water partition coefficient (Wildman–Crippen LogP) is 3.03. The maximum absolute atomic E-state index is 12.9.